The van der Waals surface area contributed by atoms with Gasteiger partial charge in [-0.15, -0.1) is 11.3 Å². The number of hydrogen-bond acceptors (Lipinski definition) is 2. The molecule has 0 aliphatic heterocycles. The average molecular weight is 322 g/mol. The Kier molecular flexibility index (Phi) is 5.48. The van der Waals surface area contributed by atoms with Gasteiger partial charge in [0.15, 0.2) is 0 Å². The van der Waals surface area contributed by atoms with Gasteiger partial charge in [-0.2, -0.15) is 0 Å². The maximum atomic E-state index is 6.03. The molecule has 114 valence electrons. The summed E-state index contributed by atoms with van der Waals surface area (Å²) < 4.78 is 0. The fourth-order valence-electron chi connectivity index (χ4n) is 2.24. The third-order valence-corrected chi connectivity index (χ3v) is 5.20. The van der Waals surface area contributed by atoms with E-state index < -0.39 is 0 Å². The van der Waals surface area contributed by atoms with E-state index in [1.165, 1.54) is 15.3 Å². The van der Waals surface area contributed by atoms with E-state index >= 15 is 0 Å². The maximum Gasteiger partial charge on any atom is 0.0408 e. The topological polar surface area (TPSA) is 12.0 Å². The van der Waals surface area contributed by atoms with E-state index in [-0.39, 0.29) is 5.41 Å². The first-order valence-corrected chi connectivity index (χ1v) is 8.61. The van der Waals surface area contributed by atoms with Gasteiger partial charge in [0.05, 0.1) is 0 Å². The Hall–Kier alpha value is -0.830. The molecule has 1 atom stereocenters. The zero-order valence-corrected chi connectivity index (χ0v) is 14.8. The summed E-state index contributed by atoms with van der Waals surface area (Å²) in [5, 5.41) is 4.41. The Labute approximate surface area is 137 Å². The van der Waals surface area contributed by atoms with Crippen LogP contribution in [0.15, 0.2) is 36.4 Å². The van der Waals surface area contributed by atoms with Crippen LogP contribution in [0.4, 0.5) is 0 Å². The highest BCUT2D eigenvalue weighted by Crippen LogP contribution is 2.29. The lowest BCUT2D eigenvalue weighted by atomic mass is 9.95. The predicted octanol–water partition coefficient (Wildman–Crippen LogP) is 5.42. The first-order chi connectivity index (χ1) is 9.84. The molecule has 1 N–H and O–H groups in total. The van der Waals surface area contributed by atoms with Crippen LogP contribution in [-0.4, -0.2) is 6.04 Å². The molecule has 0 saturated heterocycles. The quantitative estimate of drug-likeness (QED) is 0.775. The van der Waals surface area contributed by atoms with Crippen LogP contribution in [0.25, 0.3) is 0 Å². The molecule has 0 saturated carbocycles. The molecule has 2 rings (SSSR count). The Bertz CT molecular complexity index is 583. The van der Waals surface area contributed by atoms with Gasteiger partial charge >= 0.3 is 0 Å². The van der Waals surface area contributed by atoms with E-state index in [1.54, 1.807) is 0 Å². The minimum atomic E-state index is 0.245. The lowest BCUT2D eigenvalue weighted by Gasteiger charge is -2.16. The lowest BCUT2D eigenvalue weighted by Crippen LogP contribution is -2.27. The molecule has 1 aromatic carbocycles. The average Bonchev–Trinajstić information content (AvgIpc) is 2.85. The molecule has 0 bridgehead atoms. The second-order valence-corrected chi connectivity index (χ2v) is 8.24. The van der Waals surface area contributed by atoms with E-state index in [2.05, 4.69) is 51.2 Å². The maximum absolute atomic E-state index is 6.03. The van der Waals surface area contributed by atoms with Gasteiger partial charge < -0.3 is 5.32 Å². The molecular weight excluding hydrogens is 298 g/mol. The zero-order valence-electron chi connectivity index (χ0n) is 13.2. The molecule has 21 heavy (non-hydrogen) atoms. The highest BCUT2D eigenvalue weighted by molar-refractivity contribution is 7.12. The van der Waals surface area contributed by atoms with Crippen molar-refractivity contribution in [2.75, 3.05) is 0 Å². The molecule has 0 spiro atoms. The van der Waals surface area contributed by atoms with Gasteiger partial charge in [-0.1, -0.05) is 44.5 Å². The minimum Gasteiger partial charge on any atom is -0.309 e. The smallest absolute Gasteiger partial charge is 0.0408 e. The first-order valence-electron chi connectivity index (χ1n) is 7.41. The fourth-order valence-corrected chi connectivity index (χ4v) is 3.47. The number of halogens is 1. The van der Waals surface area contributed by atoms with Crippen molar-refractivity contribution in [3.63, 3.8) is 0 Å². The van der Waals surface area contributed by atoms with Gasteiger partial charge in [0.1, 0.15) is 0 Å². The lowest BCUT2D eigenvalue weighted by molar-refractivity contribution is 0.549. The van der Waals surface area contributed by atoms with Crippen molar-refractivity contribution in [2.24, 2.45) is 0 Å². The van der Waals surface area contributed by atoms with Crippen molar-refractivity contribution in [1.29, 1.82) is 0 Å². The summed E-state index contributed by atoms with van der Waals surface area (Å²) in [6.45, 7) is 9.94. The Morgan fingerprint density at radius 3 is 2.57 bits per heavy atom. The monoisotopic (exact) mass is 321 g/mol. The highest BCUT2D eigenvalue weighted by Gasteiger charge is 2.16. The van der Waals surface area contributed by atoms with Crippen molar-refractivity contribution in [2.45, 2.75) is 52.1 Å². The van der Waals surface area contributed by atoms with Crippen LogP contribution in [-0.2, 0) is 18.4 Å². The largest absolute Gasteiger partial charge is 0.309 e. The summed E-state index contributed by atoms with van der Waals surface area (Å²) in [6.07, 6.45) is 0.998. The molecule has 0 aliphatic carbocycles. The second kappa shape index (κ2) is 6.95. The van der Waals surface area contributed by atoms with Crippen LogP contribution in [0.5, 0.6) is 0 Å². The number of thiophene rings is 1. The van der Waals surface area contributed by atoms with Gasteiger partial charge in [0.25, 0.3) is 0 Å². The van der Waals surface area contributed by atoms with Gasteiger partial charge in [-0.3, -0.25) is 0 Å². The molecule has 3 heteroatoms. The summed E-state index contributed by atoms with van der Waals surface area (Å²) in [7, 11) is 0. The number of hydrogen-bond donors (Lipinski definition) is 1. The molecule has 0 radical (unpaired) electrons. The van der Waals surface area contributed by atoms with E-state index in [1.807, 2.05) is 29.5 Å². The van der Waals surface area contributed by atoms with Crippen LogP contribution in [0.2, 0.25) is 5.02 Å². The zero-order chi connectivity index (χ0) is 15.5. The van der Waals surface area contributed by atoms with Gasteiger partial charge in [-0.05, 0) is 48.6 Å². The minimum absolute atomic E-state index is 0.245. The van der Waals surface area contributed by atoms with Crippen molar-refractivity contribution in [3.8, 4) is 0 Å². The third-order valence-electron chi connectivity index (χ3n) is 3.46. The van der Waals surface area contributed by atoms with E-state index in [4.69, 9.17) is 11.6 Å². The molecule has 2 aromatic rings. The normalized spacial score (nSPS) is 13.4. The van der Waals surface area contributed by atoms with E-state index in [9.17, 15) is 0 Å². The summed E-state index contributed by atoms with van der Waals surface area (Å²) in [4.78, 5) is 2.85. The van der Waals surface area contributed by atoms with Gasteiger partial charge in [-0.25, -0.2) is 0 Å². The standard InChI is InChI=1S/C18H24ClNS/c1-13(10-14-6-5-7-15(19)11-14)20-12-16-8-9-17(21-16)18(2,3)4/h5-9,11,13,20H,10,12H2,1-4H3. The molecule has 1 aromatic heterocycles. The number of benzene rings is 1. The van der Waals surface area contributed by atoms with Crippen molar-refractivity contribution < 1.29 is 0 Å². The molecule has 1 nitrogen and oxygen atoms in total. The number of rotatable bonds is 5. The molecule has 0 amide bonds. The van der Waals surface area contributed by atoms with Crippen molar-refractivity contribution in [1.82, 2.24) is 5.32 Å². The van der Waals surface area contributed by atoms with Crippen molar-refractivity contribution in [3.05, 3.63) is 56.7 Å². The molecule has 0 aliphatic rings. The van der Waals surface area contributed by atoms with E-state index in [0.29, 0.717) is 6.04 Å². The Morgan fingerprint density at radius 2 is 1.95 bits per heavy atom. The van der Waals surface area contributed by atoms with Gasteiger partial charge in [0.2, 0.25) is 0 Å². The summed E-state index contributed by atoms with van der Waals surface area (Å²) >= 11 is 7.93. The third kappa shape index (κ3) is 5.14. The first kappa shape index (κ1) is 16.5. The molecule has 0 fully saturated rings. The Balaban J connectivity index is 1.86. The highest BCUT2D eigenvalue weighted by atomic mass is 35.5. The van der Waals surface area contributed by atoms with Crippen LogP contribution < -0.4 is 5.32 Å². The summed E-state index contributed by atoms with van der Waals surface area (Å²) in [5.41, 5.74) is 1.53. The second-order valence-electron chi connectivity index (χ2n) is 6.63. The molecular formula is C18H24ClNS. The Morgan fingerprint density at radius 1 is 1.19 bits per heavy atom. The van der Waals surface area contributed by atoms with Crippen LogP contribution in [0.1, 0.15) is 43.0 Å². The summed E-state index contributed by atoms with van der Waals surface area (Å²) in [5.74, 6) is 0. The number of nitrogens with one attached hydrogen (secondary N) is 1. The van der Waals surface area contributed by atoms with Crippen LogP contribution >= 0.6 is 22.9 Å². The summed E-state index contributed by atoms with van der Waals surface area (Å²) in [6, 6.07) is 13.0. The van der Waals surface area contributed by atoms with Crippen molar-refractivity contribution >= 4 is 22.9 Å². The molecule has 1 unspecified atom stereocenters. The van der Waals surface area contributed by atoms with Crippen LogP contribution in [0, 0.1) is 0 Å². The SMILES string of the molecule is CC(Cc1cccc(Cl)c1)NCc1ccc(C(C)(C)C)s1. The predicted molar refractivity (Wildman–Crippen MR) is 94.5 cm³/mol. The fraction of sp³-hybridized carbons (Fsp3) is 0.444. The van der Waals surface area contributed by atoms with E-state index in [0.717, 1.165) is 18.0 Å². The van der Waals surface area contributed by atoms with Crippen LogP contribution in [0.3, 0.4) is 0 Å². The van der Waals surface area contributed by atoms with Gasteiger partial charge in [0, 0.05) is 27.4 Å². The molecule has 1 heterocycles.